The quantitative estimate of drug-likeness (QED) is 0.816. The zero-order valence-corrected chi connectivity index (χ0v) is 13.8. The Kier molecular flexibility index (Phi) is 3.68. The monoisotopic (exact) mass is 380 g/mol. The molecule has 2 aliphatic rings. The summed E-state index contributed by atoms with van der Waals surface area (Å²) in [5.41, 5.74) is 0.435. The van der Waals surface area contributed by atoms with Crippen molar-refractivity contribution in [1.82, 2.24) is 14.3 Å². The number of aromatic nitrogens is 2. The van der Waals surface area contributed by atoms with E-state index in [-0.39, 0.29) is 11.0 Å². The Hall–Kier alpha value is -0.440. The van der Waals surface area contributed by atoms with Crippen LogP contribution in [0.4, 0.5) is 5.82 Å². The molecular formula is C11H14BrClN4O2S. The molecule has 9 heteroatoms. The Bertz CT molecular complexity index is 625. The summed E-state index contributed by atoms with van der Waals surface area (Å²) in [7, 11) is -3.59. The van der Waals surface area contributed by atoms with Crippen molar-refractivity contribution in [3.63, 3.8) is 0 Å². The summed E-state index contributed by atoms with van der Waals surface area (Å²) in [6, 6.07) is 0. The number of piperidine rings is 1. The van der Waals surface area contributed by atoms with Crippen LogP contribution >= 0.6 is 27.5 Å². The first kappa shape index (κ1) is 14.5. The van der Waals surface area contributed by atoms with Crippen LogP contribution in [0.3, 0.4) is 0 Å². The number of anilines is 1. The van der Waals surface area contributed by atoms with Gasteiger partial charge in [-0.15, -0.1) is 0 Å². The van der Waals surface area contributed by atoms with E-state index in [0.717, 1.165) is 12.8 Å². The van der Waals surface area contributed by atoms with Gasteiger partial charge in [0.1, 0.15) is 11.5 Å². The maximum absolute atomic E-state index is 12.3. The molecule has 2 heterocycles. The zero-order chi connectivity index (χ0) is 14.4. The van der Waals surface area contributed by atoms with Gasteiger partial charge in [0.05, 0.1) is 4.47 Å². The molecule has 2 fully saturated rings. The van der Waals surface area contributed by atoms with E-state index in [9.17, 15) is 8.42 Å². The fourth-order valence-corrected chi connectivity index (χ4v) is 4.24. The predicted molar refractivity (Wildman–Crippen MR) is 79.8 cm³/mol. The normalized spacial score (nSPS) is 21.9. The predicted octanol–water partition coefficient (Wildman–Crippen LogP) is 2.43. The van der Waals surface area contributed by atoms with Gasteiger partial charge >= 0.3 is 10.2 Å². The number of nitrogens with one attached hydrogen (secondary N) is 1. The van der Waals surface area contributed by atoms with Crippen LogP contribution < -0.4 is 4.72 Å². The van der Waals surface area contributed by atoms with Gasteiger partial charge < -0.3 is 0 Å². The van der Waals surface area contributed by atoms with Crippen molar-refractivity contribution < 1.29 is 8.42 Å². The highest BCUT2D eigenvalue weighted by Crippen LogP contribution is 2.53. The highest BCUT2D eigenvalue weighted by molar-refractivity contribution is 9.10. The van der Waals surface area contributed by atoms with E-state index in [2.05, 4.69) is 30.6 Å². The molecule has 1 aliphatic heterocycles. The van der Waals surface area contributed by atoms with Crippen LogP contribution in [-0.4, -0.2) is 35.8 Å². The van der Waals surface area contributed by atoms with Crippen molar-refractivity contribution in [2.45, 2.75) is 25.7 Å². The Labute approximate surface area is 131 Å². The molecule has 1 N–H and O–H groups in total. The van der Waals surface area contributed by atoms with Crippen molar-refractivity contribution in [3.8, 4) is 0 Å². The van der Waals surface area contributed by atoms with Gasteiger partial charge in [0.25, 0.3) is 0 Å². The van der Waals surface area contributed by atoms with Crippen molar-refractivity contribution in [2.75, 3.05) is 17.8 Å². The molecule has 0 radical (unpaired) electrons. The summed E-state index contributed by atoms with van der Waals surface area (Å²) in [4.78, 5) is 7.67. The van der Waals surface area contributed by atoms with Crippen molar-refractivity contribution in [3.05, 3.63) is 16.0 Å². The van der Waals surface area contributed by atoms with E-state index in [1.807, 2.05) is 0 Å². The molecule has 3 rings (SSSR count). The SMILES string of the molecule is O=S(=O)(Nc1ncnc(Cl)c1Br)N1CCC2(CC1)CC2. The number of rotatable bonds is 3. The minimum absolute atomic E-state index is 0.164. The number of nitrogens with zero attached hydrogens (tertiary/aromatic N) is 3. The molecule has 110 valence electrons. The maximum Gasteiger partial charge on any atom is 0.302 e. The topological polar surface area (TPSA) is 75.2 Å². The second kappa shape index (κ2) is 5.08. The summed E-state index contributed by atoms with van der Waals surface area (Å²) in [6.07, 6.45) is 5.59. The summed E-state index contributed by atoms with van der Waals surface area (Å²) < 4.78 is 29.0. The van der Waals surface area contributed by atoms with Crippen molar-refractivity contribution in [1.29, 1.82) is 0 Å². The lowest BCUT2D eigenvalue weighted by atomic mass is 9.95. The standard InChI is InChI=1S/C11H14BrClN4O2S/c12-8-9(13)14-7-15-10(8)16-20(18,19)17-5-3-11(1-2-11)4-6-17/h7H,1-6H2,(H,14,15,16). The first-order valence-corrected chi connectivity index (χ1v) is 8.97. The van der Waals surface area contributed by atoms with Gasteiger partial charge in [0.2, 0.25) is 0 Å². The van der Waals surface area contributed by atoms with E-state index >= 15 is 0 Å². The van der Waals surface area contributed by atoms with Gasteiger partial charge in [-0.1, -0.05) is 11.6 Å². The van der Waals surface area contributed by atoms with Crippen molar-refractivity contribution >= 4 is 43.6 Å². The number of hydrogen-bond acceptors (Lipinski definition) is 4. The van der Waals surface area contributed by atoms with Crippen molar-refractivity contribution in [2.24, 2.45) is 5.41 Å². The van der Waals surface area contributed by atoms with Crippen LogP contribution in [-0.2, 0) is 10.2 Å². The van der Waals surface area contributed by atoms with E-state index in [4.69, 9.17) is 11.6 Å². The molecular weight excluding hydrogens is 368 g/mol. The average molecular weight is 382 g/mol. The summed E-state index contributed by atoms with van der Waals surface area (Å²) in [5.74, 6) is 0.164. The molecule has 1 saturated carbocycles. The maximum atomic E-state index is 12.3. The zero-order valence-electron chi connectivity index (χ0n) is 10.6. The van der Waals surface area contributed by atoms with Gasteiger partial charge in [-0.3, -0.25) is 4.72 Å². The van der Waals surface area contributed by atoms with Gasteiger partial charge in [0, 0.05) is 13.1 Å². The van der Waals surface area contributed by atoms with Crippen LogP contribution in [0.25, 0.3) is 0 Å². The second-order valence-corrected chi connectivity index (χ2v) is 8.15. The fraction of sp³-hybridized carbons (Fsp3) is 0.636. The smallest absolute Gasteiger partial charge is 0.253 e. The highest BCUT2D eigenvalue weighted by atomic mass is 79.9. The van der Waals surface area contributed by atoms with Crippen LogP contribution in [0.5, 0.6) is 0 Å². The largest absolute Gasteiger partial charge is 0.302 e. The van der Waals surface area contributed by atoms with E-state index in [1.165, 1.54) is 23.5 Å². The first-order chi connectivity index (χ1) is 9.42. The molecule has 1 aliphatic carbocycles. The molecule has 6 nitrogen and oxygen atoms in total. The first-order valence-electron chi connectivity index (χ1n) is 6.36. The lowest BCUT2D eigenvalue weighted by Crippen LogP contribution is -2.42. The molecule has 0 bridgehead atoms. The molecule has 0 atom stereocenters. The molecule has 1 aromatic rings. The molecule has 20 heavy (non-hydrogen) atoms. The molecule has 1 spiro atoms. The van der Waals surface area contributed by atoms with Crippen LogP contribution in [0.15, 0.2) is 10.8 Å². The average Bonchev–Trinajstić information content (AvgIpc) is 3.15. The molecule has 0 amide bonds. The lowest BCUT2D eigenvalue weighted by Gasteiger charge is -2.31. The Balaban J connectivity index is 1.74. The van der Waals surface area contributed by atoms with Gasteiger partial charge in [-0.2, -0.15) is 12.7 Å². The Morgan fingerprint density at radius 2 is 1.90 bits per heavy atom. The summed E-state index contributed by atoms with van der Waals surface area (Å²) in [5, 5.41) is 0.174. The minimum Gasteiger partial charge on any atom is -0.253 e. The van der Waals surface area contributed by atoms with Gasteiger partial charge in [-0.25, -0.2) is 9.97 Å². The molecule has 1 saturated heterocycles. The molecule has 0 unspecified atom stereocenters. The van der Waals surface area contributed by atoms with Crippen LogP contribution in [0.2, 0.25) is 5.15 Å². The lowest BCUT2D eigenvalue weighted by molar-refractivity contribution is 0.259. The van der Waals surface area contributed by atoms with E-state index < -0.39 is 10.2 Å². The van der Waals surface area contributed by atoms with Crippen LogP contribution in [0.1, 0.15) is 25.7 Å². The number of halogens is 2. The molecule has 0 aromatic carbocycles. The second-order valence-electron chi connectivity index (χ2n) is 5.33. The minimum atomic E-state index is -3.59. The highest BCUT2D eigenvalue weighted by Gasteiger charge is 2.46. The Morgan fingerprint density at radius 3 is 2.50 bits per heavy atom. The van der Waals surface area contributed by atoms with Gasteiger partial charge in [-0.05, 0) is 47.0 Å². The van der Waals surface area contributed by atoms with Crippen LogP contribution in [0, 0.1) is 5.41 Å². The Morgan fingerprint density at radius 1 is 1.25 bits per heavy atom. The third kappa shape index (κ3) is 2.79. The number of hydrogen-bond donors (Lipinski definition) is 1. The van der Waals surface area contributed by atoms with Gasteiger partial charge in [0.15, 0.2) is 5.82 Å². The summed E-state index contributed by atoms with van der Waals surface area (Å²) in [6.45, 7) is 1.12. The fourth-order valence-electron chi connectivity index (χ4n) is 2.48. The summed E-state index contributed by atoms with van der Waals surface area (Å²) >= 11 is 9.01. The van der Waals surface area contributed by atoms with E-state index in [1.54, 1.807) is 0 Å². The third-order valence-corrected chi connectivity index (χ3v) is 6.81. The third-order valence-electron chi connectivity index (χ3n) is 4.05. The molecule has 1 aromatic heterocycles. The van der Waals surface area contributed by atoms with E-state index in [0.29, 0.717) is 23.0 Å².